The van der Waals surface area contributed by atoms with Crippen molar-refractivity contribution in [2.24, 2.45) is 0 Å². The number of anilines is 1. The Hall–Kier alpha value is -3.57. The fourth-order valence-electron chi connectivity index (χ4n) is 3.91. The van der Waals surface area contributed by atoms with Crippen LogP contribution in [-0.4, -0.2) is 38.4 Å². The van der Waals surface area contributed by atoms with Crippen molar-refractivity contribution in [3.63, 3.8) is 0 Å². The number of pyridine rings is 2. The van der Waals surface area contributed by atoms with Crippen molar-refractivity contribution in [2.75, 3.05) is 4.90 Å². The van der Waals surface area contributed by atoms with Gasteiger partial charge in [-0.2, -0.15) is 27.1 Å². The Balaban J connectivity index is 1.74. The van der Waals surface area contributed by atoms with Gasteiger partial charge in [0, 0.05) is 18.0 Å². The maximum absolute atomic E-state index is 13.3. The molecule has 3 aromatic rings. The van der Waals surface area contributed by atoms with Crippen LogP contribution in [0.5, 0.6) is 5.75 Å². The van der Waals surface area contributed by atoms with Gasteiger partial charge in [0.15, 0.2) is 0 Å². The Kier molecular flexibility index (Phi) is 5.33. The second-order valence-electron chi connectivity index (χ2n) is 8.05. The molecule has 7 nitrogen and oxygen atoms in total. The number of fused-ring (bicyclic) bond motifs is 1. The number of ether oxygens (including phenoxy) is 1. The molecule has 4 heterocycles. The van der Waals surface area contributed by atoms with Crippen LogP contribution in [-0.2, 0) is 12.1 Å². The highest BCUT2D eigenvalue weighted by Crippen LogP contribution is 2.43. The lowest BCUT2D eigenvalue weighted by molar-refractivity contribution is -0.142. The minimum absolute atomic E-state index is 0.142. The highest BCUT2D eigenvalue weighted by atomic mass is 19.4. The van der Waals surface area contributed by atoms with E-state index in [0.717, 1.165) is 12.4 Å². The molecule has 0 spiro atoms. The lowest BCUT2D eigenvalue weighted by atomic mass is 9.96. The number of nitrogens with zero attached hydrogens (tertiary/aromatic N) is 5. The summed E-state index contributed by atoms with van der Waals surface area (Å²) in [6.45, 7) is 0.820. The second kappa shape index (κ2) is 7.78. The van der Waals surface area contributed by atoms with Crippen molar-refractivity contribution in [3.05, 3.63) is 53.7 Å². The van der Waals surface area contributed by atoms with Crippen LogP contribution < -0.4 is 9.64 Å². The first-order chi connectivity index (χ1) is 15.4. The van der Waals surface area contributed by atoms with Crippen LogP contribution in [0.3, 0.4) is 0 Å². The molecule has 0 bridgehead atoms. The Morgan fingerprint density at radius 2 is 1.88 bits per heavy atom. The minimum Gasteiger partial charge on any atom is -0.433 e. The molecule has 33 heavy (non-hydrogen) atoms. The predicted octanol–water partition coefficient (Wildman–Crippen LogP) is 4.71. The number of alkyl halides is 5. The smallest absolute Gasteiger partial charge is 0.408 e. The molecule has 0 fully saturated rings. The molecule has 0 aliphatic carbocycles. The van der Waals surface area contributed by atoms with E-state index in [0.29, 0.717) is 32.8 Å². The third-order valence-electron chi connectivity index (χ3n) is 5.23. The summed E-state index contributed by atoms with van der Waals surface area (Å²) < 4.78 is 68.4. The number of carbonyl (C=O) groups is 1. The van der Waals surface area contributed by atoms with Gasteiger partial charge in [-0.05, 0) is 38.5 Å². The summed E-state index contributed by atoms with van der Waals surface area (Å²) in [5, 5.41) is 3.73. The molecule has 1 aliphatic heterocycles. The van der Waals surface area contributed by atoms with Gasteiger partial charge >= 0.3 is 12.8 Å². The molecule has 3 aromatic heterocycles. The minimum atomic E-state index is -4.46. The lowest BCUT2D eigenvalue weighted by Crippen LogP contribution is -2.39. The van der Waals surface area contributed by atoms with Gasteiger partial charge in [-0.25, -0.2) is 4.98 Å². The van der Waals surface area contributed by atoms with E-state index in [1.807, 2.05) is 0 Å². The highest BCUT2D eigenvalue weighted by Gasteiger charge is 2.47. The number of hydrogen-bond donors (Lipinski definition) is 0. The molecular weight excluding hydrogens is 449 g/mol. The van der Waals surface area contributed by atoms with E-state index in [2.05, 4.69) is 19.8 Å². The molecule has 0 unspecified atom stereocenters. The Morgan fingerprint density at radius 1 is 1.15 bits per heavy atom. The molecule has 12 heteroatoms. The van der Waals surface area contributed by atoms with Gasteiger partial charge in [0.25, 0.3) is 5.91 Å². The first-order valence-corrected chi connectivity index (χ1v) is 9.73. The molecule has 1 amide bonds. The molecule has 0 saturated heterocycles. The zero-order chi connectivity index (χ0) is 24.1. The fourth-order valence-corrected chi connectivity index (χ4v) is 3.91. The van der Waals surface area contributed by atoms with Crippen molar-refractivity contribution < 1.29 is 31.5 Å². The third kappa shape index (κ3) is 4.24. The normalized spacial score (nSPS) is 15.3. The SMILES string of the molecule is Cc1cc(-c2cncc(OC(F)F)c2)nc2c1C(=O)N(c1cnn(CC(F)(F)F)c1)C2(C)C. The molecule has 1 aliphatic rings. The van der Waals surface area contributed by atoms with Gasteiger partial charge in [0.2, 0.25) is 0 Å². The number of rotatable bonds is 5. The molecular formula is C21H18F5N5O2. The van der Waals surface area contributed by atoms with Crippen LogP contribution in [0.2, 0.25) is 0 Å². The standard InChI is InChI=1S/C21H18F5N5O2/c1-11-4-15(12-5-14(8-27-6-12)33-19(22)23)29-17-16(11)18(32)31(20(17,2)3)13-7-28-30(9-13)10-21(24,25)26/h4-9,19H,10H2,1-3H3. The van der Waals surface area contributed by atoms with Crippen molar-refractivity contribution >= 4 is 11.6 Å². The third-order valence-corrected chi connectivity index (χ3v) is 5.23. The van der Waals surface area contributed by atoms with Gasteiger partial charge in [0.05, 0.1) is 40.6 Å². The zero-order valence-electron chi connectivity index (χ0n) is 17.7. The summed E-state index contributed by atoms with van der Waals surface area (Å²) >= 11 is 0. The van der Waals surface area contributed by atoms with Crippen LogP contribution >= 0.6 is 0 Å². The number of amides is 1. The number of aryl methyl sites for hydroxylation is 1. The maximum atomic E-state index is 13.3. The van der Waals surface area contributed by atoms with E-state index in [1.54, 1.807) is 26.8 Å². The van der Waals surface area contributed by atoms with Gasteiger partial charge in [-0.1, -0.05) is 0 Å². The molecule has 4 rings (SSSR count). The van der Waals surface area contributed by atoms with Crippen LogP contribution in [0.25, 0.3) is 11.3 Å². The van der Waals surface area contributed by atoms with Crippen molar-refractivity contribution in [1.82, 2.24) is 19.7 Å². The number of carbonyl (C=O) groups excluding carboxylic acids is 1. The largest absolute Gasteiger partial charge is 0.433 e. The van der Waals surface area contributed by atoms with Gasteiger partial charge in [0.1, 0.15) is 12.3 Å². The van der Waals surface area contributed by atoms with E-state index in [4.69, 9.17) is 0 Å². The van der Waals surface area contributed by atoms with E-state index in [-0.39, 0.29) is 11.4 Å². The monoisotopic (exact) mass is 467 g/mol. The van der Waals surface area contributed by atoms with Gasteiger partial charge < -0.3 is 4.74 Å². The van der Waals surface area contributed by atoms with Crippen LogP contribution in [0.1, 0.15) is 35.5 Å². The first-order valence-electron chi connectivity index (χ1n) is 9.73. The Morgan fingerprint density at radius 3 is 2.55 bits per heavy atom. The molecule has 0 saturated carbocycles. The average molecular weight is 467 g/mol. The average Bonchev–Trinajstić information content (AvgIpc) is 3.20. The van der Waals surface area contributed by atoms with Gasteiger partial charge in [-0.3, -0.25) is 19.4 Å². The van der Waals surface area contributed by atoms with Gasteiger partial charge in [-0.15, -0.1) is 0 Å². The Bertz CT molecular complexity index is 1220. The summed E-state index contributed by atoms with van der Waals surface area (Å²) in [5.74, 6) is -0.567. The topological polar surface area (TPSA) is 73.1 Å². The quantitative estimate of drug-likeness (QED) is 0.509. The number of aromatic nitrogens is 4. The summed E-state index contributed by atoms with van der Waals surface area (Å²) in [7, 11) is 0. The Labute approximate surface area is 184 Å². The first kappa shape index (κ1) is 22.6. The molecule has 174 valence electrons. The fraction of sp³-hybridized carbons (Fsp3) is 0.333. The number of hydrogen-bond acceptors (Lipinski definition) is 5. The maximum Gasteiger partial charge on any atom is 0.408 e. The van der Waals surface area contributed by atoms with Crippen LogP contribution in [0, 0.1) is 6.92 Å². The van der Waals surface area contributed by atoms with Crippen molar-refractivity contribution in [3.8, 4) is 17.0 Å². The summed E-state index contributed by atoms with van der Waals surface area (Å²) in [6.07, 6.45) is 0.465. The summed E-state index contributed by atoms with van der Waals surface area (Å²) in [5.41, 5.74) is 1.24. The van der Waals surface area contributed by atoms with E-state index in [9.17, 15) is 26.7 Å². The lowest BCUT2D eigenvalue weighted by Gasteiger charge is -2.30. The van der Waals surface area contributed by atoms with Crippen LogP contribution in [0.15, 0.2) is 36.9 Å². The zero-order valence-corrected chi connectivity index (χ0v) is 17.7. The van der Waals surface area contributed by atoms with E-state index < -0.39 is 30.8 Å². The molecule has 0 N–H and O–H groups in total. The molecule has 0 atom stereocenters. The van der Waals surface area contributed by atoms with E-state index in [1.165, 1.54) is 23.4 Å². The summed E-state index contributed by atoms with van der Waals surface area (Å²) in [4.78, 5) is 23.1. The molecule has 0 radical (unpaired) electrons. The second-order valence-corrected chi connectivity index (χ2v) is 8.05. The van der Waals surface area contributed by atoms with Crippen LogP contribution in [0.4, 0.5) is 27.6 Å². The molecule has 0 aromatic carbocycles. The summed E-state index contributed by atoms with van der Waals surface area (Å²) in [6, 6.07) is 2.97. The van der Waals surface area contributed by atoms with Crippen molar-refractivity contribution in [2.45, 2.75) is 45.6 Å². The highest BCUT2D eigenvalue weighted by molar-refractivity contribution is 6.12. The predicted molar refractivity (Wildman–Crippen MR) is 107 cm³/mol. The van der Waals surface area contributed by atoms with E-state index >= 15 is 0 Å². The van der Waals surface area contributed by atoms with Crippen molar-refractivity contribution in [1.29, 1.82) is 0 Å². The number of halogens is 5.